The minimum atomic E-state index is -0.479. The van der Waals surface area contributed by atoms with E-state index >= 15 is 0 Å². The van der Waals surface area contributed by atoms with E-state index < -0.39 is 11.9 Å². The summed E-state index contributed by atoms with van der Waals surface area (Å²) in [7, 11) is 0. The van der Waals surface area contributed by atoms with Crippen molar-refractivity contribution in [3.8, 4) is 5.75 Å². The SMILES string of the molecule is CC(=O)Oc1ccccc1NC(=O)c1cc2c(n(CCC(C)C)c1=O)CCCCCC2. The van der Waals surface area contributed by atoms with Crippen LogP contribution in [0.3, 0.4) is 0 Å². The van der Waals surface area contributed by atoms with Crippen molar-refractivity contribution in [3.63, 3.8) is 0 Å². The molecule has 0 atom stereocenters. The second kappa shape index (κ2) is 10.4. The van der Waals surface area contributed by atoms with Gasteiger partial charge in [-0.3, -0.25) is 14.4 Å². The molecule has 1 aromatic carbocycles. The molecule has 6 nitrogen and oxygen atoms in total. The lowest BCUT2D eigenvalue weighted by atomic mass is 9.95. The molecule has 1 aliphatic carbocycles. The predicted octanol–water partition coefficient (Wildman–Crippen LogP) is 4.73. The van der Waals surface area contributed by atoms with Crippen LogP contribution in [0.25, 0.3) is 0 Å². The summed E-state index contributed by atoms with van der Waals surface area (Å²) >= 11 is 0. The van der Waals surface area contributed by atoms with Crippen LogP contribution in [0.1, 0.15) is 74.5 Å². The molecule has 0 unspecified atom stereocenters. The second-order valence-corrected chi connectivity index (χ2v) is 8.63. The fourth-order valence-corrected chi connectivity index (χ4v) is 4.02. The summed E-state index contributed by atoms with van der Waals surface area (Å²) in [4.78, 5) is 37.9. The van der Waals surface area contributed by atoms with Crippen molar-refractivity contribution >= 4 is 17.6 Å². The van der Waals surface area contributed by atoms with Gasteiger partial charge in [0.05, 0.1) is 5.69 Å². The van der Waals surface area contributed by atoms with Crippen LogP contribution in [0.5, 0.6) is 5.75 Å². The van der Waals surface area contributed by atoms with Crippen molar-refractivity contribution in [2.75, 3.05) is 5.32 Å². The lowest BCUT2D eigenvalue weighted by Gasteiger charge is -2.21. The molecule has 0 fully saturated rings. The third kappa shape index (κ3) is 5.84. The van der Waals surface area contributed by atoms with Crippen molar-refractivity contribution in [1.82, 2.24) is 4.57 Å². The van der Waals surface area contributed by atoms with Crippen LogP contribution in [0.4, 0.5) is 5.69 Å². The van der Waals surface area contributed by atoms with Crippen LogP contribution in [-0.2, 0) is 24.2 Å². The molecule has 0 saturated carbocycles. The van der Waals surface area contributed by atoms with Crippen molar-refractivity contribution < 1.29 is 14.3 Å². The van der Waals surface area contributed by atoms with Gasteiger partial charge in [-0.25, -0.2) is 0 Å². The molecule has 0 saturated heterocycles. The number of nitrogens with zero attached hydrogens (tertiary/aromatic N) is 1. The standard InChI is InChI=1S/C25H32N2O4/c1-17(2)14-15-27-22-12-7-5-4-6-10-19(22)16-20(25(27)30)24(29)26-21-11-8-9-13-23(21)31-18(3)28/h8-9,11,13,16-17H,4-7,10,12,14-15H2,1-3H3,(H,26,29). The van der Waals surface area contributed by atoms with Crippen molar-refractivity contribution in [1.29, 1.82) is 0 Å². The summed E-state index contributed by atoms with van der Waals surface area (Å²) < 4.78 is 7.01. The maximum Gasteiger partial charge on any atom is 0.308 e. The minimum Gasteiger partial charge on any atom is -0.424 e. The van der Waals surface area contributed by atoms with Gasteiger partial charge in [0.15, 0.2) is 5.75 Å². The van der Waals surface area contributed by atoms with Gasteiger partial charge in [-0.05, 0) is 61.8 Å². The first-order chi connectivity index (χ1) is 14.9. The van der Waals surface area contributed by atoms with E-state index in [2.05, 4.69) is 19.2 Å². The Bertz CT molecular complexity index is 1010. The molecule has 1 amide bonds. The van der Waals surface area contributed by atoms with Crippen molar-refractivity contribution in [2.24, 2.45) is 5.92 Å². The monoisotopic (exact) mass is 424 g/mol. The summed E-state index contributed by atoms with van der Waals surface area (Å²) in [5.74, 6) is -0.231. The highest BCUT2D eigenvalue weighted by Gasteiger charge is 2.21. The molecule has 2 aromatic rings. The second-order valence-electron chi connectivity index (χ2n) is 8.63. The number of hydrogen-bond acceptors (Lipinski definition) is 4. The number of esters is 1. The summed E-state index contributed by atoms with van der Waals surface area (Å²) in [6.45, 7) is 6.19. The predicted molar refractivity (Wildman–Crippen MR) is 122 cm³/mol. The molecule has 166 valence electrons. The highest BCUT2D eigenvalue weighted by Crippen LogP contribution is 2.25. The van der Waals surface area contributed by atoms with E-state index in [0.717, 1.165) is 43.4 Å². The maximum absolute atomic E-state index is 13.4. The van der Waals surface area contributed by atoms with Gasteiger partial charge in [0.25, 0.3) is 11.5 Å². The Morgan fingerprint density at radius 3 is 2.52 bits per heavy atom. The third-order valence-electron chi connectivity index (χ3n) is 5.66. The zero-order valence-corrected chi connectivity index (χ0v) is 18.7. The zero-order chi connectivity index (χ0) is 22.4. The molecule has 0 radical (unpaired) electrons. The molecule has 0 aliphatic heterocycles. The molecule has 6 heteroatoms. The first kappa shape index (κ1) is 22.8. The van der Waals surface area contributed by atoms with Gasteiger partial charge in [0, 0.05) is 19.2 Å². The first-order valence-corrected chi connectivity index (χ1v) is 11.2. The largest absolute Gasteiger partial charge is 0.424 e. The smallest absolute Gasteiger partial charge is 0.308 e. The highest BCUT2D eigenvalue weighted by molar-refractivity contribution is 6.05. The van der Waals surface area contributed by atoms with E-state index in [1.54, 1.807) is 30.3 Å². The number of ether oxygens (including phenoxy) is 1. The topological polar surface area (TPSA) is 77.4 Å². The number of amides is 1. The number of carbonyl (C=O) groups is 2. The van der Waals surface area contributed by atoms with Gasteiger partial charge in [-0.15, -0.1) is 0 Å². The third-order valence-corrected chi connectivity index (χ3v) is 5.66. The number of hydrogen-bond donors (Lipinski definition) is 1. The Kier molecular flexibility index (Phi) is 7.66. The van der Waals surface area contributed by atoms with Crippen LogP contribution in [0, 0.1) is 5.92 Å². The Balaban J connectivity index is 1.99. The normalized spacial score (nSPS) is 13.8. The van der Waals surface area contributed by atoms with E-state index in [4.69, 9.17) is 4.74 Å². The molecular weight excluding hydrogens is 392 g/mol. The van der Waals surface area contributed by atoms with Gasteiger partial charge >= 0.3 is 5.97 Å². The summed E-state index contributed by atoms with van der Waals surface area (Å²) in [6, 6.07) is 8.50. The Labute approximate surface area is 183 Å². The molecule has 31 heavy (non-hydrogen) atoms. The maximum atomic E-state index is 13.4. The molecular formula is C25H32N2O4. The van der Waals surface area contributed by atoms with Crippen LogP contribution in [-0.4, -0.2) is 16.4 Å². The van der Waals surface area contributed by atoms with Gasteiger partial charge in [-0.1, -0.05) is 38.8 Å². The van der Waals surface area contributed by atoms with Gasteiger partial charge in [0.2, 0.25) is 0 Å². The quantitative estimate of drug-likeness (QED) is 0.537. The van der Waals surface area contributed by atoms with E-state index in [1.807, 2.05) is 4.57 Å². The van der Waals surface area contributed by atoms with Gasteiger partial charge < -0.3 is 14.6 Å². The van der Waals surface area contributed by atoms with Crippen molar-refractivity contribution in [3.05, 3.63) is 57.5 Å². The Morgan fingerprint density at radius 1 is 1.10 bits per heavy atom. The number of rotatable bonds is 6. The molecule has 0 spiro atoms. The van der Waals surface area contributed by atoms with E-state index in [9.17, 15) is 14.4 Å². The zero-order valence-electron chi connectivity index (χ0n) is 18.7. The van der Waals surface area contributed by atoms with E-state index in [1.165, 1.54) is 19.8 Å². The number of anilines is 1. The molecule has 3 rings (SSSR count). The fourth-order valence-electron chi connectivity index (χ4n) is 4.02. The van der Waals surface area contributed by atoms with Crippen LogP contribution < -0.4 is 15.6 Å². The summed E-state index contributed by atoms with van der Waals surface area (Å²) in [5, 5.41) is 2.77. The number of benzene rings is 1. The number of aryl methyl sites for hydroxylation is 1. The van der Waals surface area contributed by atoms with Crippen LogP contribution in [0.2, 0.25) is 0 Å². The lowest BCUT2D eigenvalue weighted by molar-refractivity contribution is -0.131. The molecule has 1 heterocycles. The number of para-hydroxylation sites is 2. The number of pyridine rings is 1. The Morgan fingerprint density at radius 2 is 1.81 bits per heavy atom. The number of aromatic nitrogens is 1. The molecule has 1 aliphatic rings. The molecule has 1 aromatic heterocycles. The number of carbonyl (C=O) groups excluding carboxylic acids is 2. The summed E-state index contributed by atoms with van der Waals surface area (Å²) in [5.41, 5.74) is 2.44. The van der Waals surface area contributed by atoms with Crippen LogP contribution >= 0.6 is 0 Å². The fraction of sp³-hybridized carbons (Fsp3) is 0.480. The lowest BCUT2D eigenvalue weighted by Crippen LogP contribution is -2.33. The number of nitrogens with one attached hydrogen (secondary N) is 1. The molecule has 0 bridgehead atoms. The van der Waals surface area contributed by atoms with E-state index in [-0.39, 0.29) is 16.9 Å². The minimum absolute atomic E-state index is 0.140. The van der Waals surface area contributed by atoms with Crippen LogP contribution in [0.15, 0.2) is 35.1 Å². The summed E-state index contributed by atoms with van der Waals surface area (Å²) in [6.07, 6.45) is 7.10. The Hall–Kier alpha value is -2.89. The highest BCUT2D eigenvalue weighted by atomic mass is 16.5. The van der Waals surface area contributed by atoms with Crippen molar-refractivity contribution in [2.45, 2.75) is 72.3 Å². The first-order valence-electron chi connectivity index (χ1n) is 11.2. The molecule has 1 N–H and O–H groups in total. The average Bonchev–Trinajstić information content (AvgIpc) is 2.69. The van der Waals surface area contributed by atoms with Gasteiger partial charge in [-0.2, -0.15) is 0 Å². The number of fused-ring (bicyclic) bond motifs is 1. The average molecular weight is 425 g/mol. The van der Waals surface area contributed by atoms with Gasteiger partial charge in [0.1, 0.15) is 5.56 Å². The van der Waals surface area contributed by atoms with E-state index in [0.29, 0.717) is 18.2 Å².